The van der Waals surface area contributed by atoms with Gasteiger partial charge in [0, 0.05) is 11.4 Å². The first-order valence-electron chi connectivity index (χ1n) is 9.96. The highest BCUT2D eigenvalue weighted by atomic mass is 16.5. The number of benzene rings is 2. The fourth-order valence-electron chi connectivity index (χ4n) is 3.05. The largest absolute Gasteiger partial charge is 0.457 e. The Hall–Kier alpha value is -3.34. The van der Waals surface area contributed by atoms with Crippen molar-refractivity contribution in [2.45, 2.75) is 39.5 Å². The van der Waals surface area contributed by atoms with Gasteiger partial charge in [-0.05, 0) is 73.9 Å². The smallest absolute Gasteiger partial charge is 0.259 e. The molecule has 0 bridgehead atoms. The van der Waals surface area contributed by atoms with Gasteiger partial charge in [0.25, 0.3) is 5.91 Å². The van der Waals surface area contributed by atoms with E-state index >= 15 is 0 Å². The second-order valence-electron chi connectivity index (χ2n) is 7.07. The molecule has 0 saturated carbocycles. The van der Waals surface area contributed by atoms with Crippen LogP contribution in [0, 0.1) is 6.92 Å². The molecule has 0 unspecified atom stereocenters. The van der Waals surface area contributed by atoms with Gasteiger partial charge in [0.2, 0.25) is 0 Å². The molecule has 0 saturated heterocycles. The van der Waals surface area contributed by atoms with E-state index in [1.165, 1.54) is 24.8 Å². The molecule has 3 rings (SSSR count). The van der Waals surface area contributed by atoms with Crippen LogP contribution in [-0.4, -0.2) is 10.9 Å². The first-order valence-corrected chi connectivity index (χ1v) is 9.96. The Morgan fingerprint density at radius 2 is 1.83 bits per heavy atom. The Bertz CT molecular complexity index is 968. The van der Waals surface area contributed by atoms with Crippen LogP contribution in [0.5, 0.6) is 11.5 Å². The third-order valence-corrected chi connectivity index (χ3v) is 4.62. The van der Waals surface area contributed by atoms with E-state index in [2.05, 4.69) is 29.4 Å². The SMILES string of the molecule is CCCCCc1cccc(Oc2ccc(NC(=O)c3ccc(C)nc3N)cc2)c1. The van der Waals surface area contributed by atoms with Crippen molar-refractivity contribution in [2.24, 2.45) is 0 Å². The number of nitrogens with two attached hydrogens (primary N) is 1. The van der Waals surface area contributed by atoms with Crippen molar-refractivity contribution < 1.29 is 9.53 Å². The molecule has 0 radical (unpaired) electrons. The topological polar surface area (TPSA) is 77.2 Å². The van der Waals surface area contributed by atoms with Crippen LogP contribution in [0.4, 0.5) is 11.5 Å². The van der Waals surface area contributed by atoms with Gasteiger partial charge in [-0.2, -0.15) is 0 Å². The number of amides is 1. The van der Waals surface area contributed by atoms with Gasteiger partial charge in [0.1, 0.15) is 17.3 Å². The van der Waals surface area contributed by atoms with Crippen LogP contribution in [-0.2, 0) is 6.42 Å². The van der Waals surface area contributed by atoms with Gasteiger partial charge in [0.15, 0.2) is 0 Å². The average molecular weight is 389 g/mol. The van der Waals surface area contributed by atoms with Crippen LogP contribution in [0.15, 0.2) is 60.7 Å². The summed E-state index contributed by atoms with van der Waals surface area (Å²) in [6, 6.07) is 18.9. The van der Waals surface area contributed by atoms with Crippen molar-refractivity contribution >= 4 is 17.4 Å². The number of rotatable bonds is 8. The maximum absolute atomic E-state index is 12.4. The number of pyridine rings is 1. The Balaban J connectivity index is 1.61. The van der Waals surface area contributed by atoms with E-state index in [9.17, 15) is 4.79 Å². The van der Waals surface area contributed by atoms with E-state index < -0.39 is 0 Å². The molecule has 1 aromatic heterocycles. The van der Waals surface area contributed by atoms with Gasteiger partial charge in [-0.3, -0.25) is 4.79 Å². The van der Waals surface area contributed by atoms with E-state index in [0.717, 1.165) is 17.9 Å². The number of nitrogens with one attached hydrogen (secondary N) is 1. The number of hydrogen-bond acceptors (Lipinski definition) is 4. The Kier molecular flexibility index (Phi) is 6.85. The molecule has 0 aliphatic rings. The van der Waals surface area contributed by atoms with Crippen molar-refractivity contribution in [3.63, 3.8) is 0 Å². The van der Waals surface area contributed by atoms with Crippen molar-refractivity contribution in [3.05, 3.63) is 77.5 Å². The highest BCUT2D eigenvalue weighted by Crippen LogP contribution is 2.25. The van der Waals surface area contributed by atoms with Crippen LogP contribution >= 0.6 is 0 Å². The molecule has 0 spiro atoms. The van der Waals surface area contributed by atoms with Crippen LogP contribution in [0.2, 0.25) is 0 Å². The lowest BCUT2D eigenvalue weighted by Crippen LogP contribution is -2.15. The summed E-state index contributed by atoms with van der Waals surface area (Å²) in [6.45, 7) is 4.04. The average Bonchev–Trinajstić information content (AvgIpc) is 2.70. The molecule has 1 heterocycles. The Morgan fingerprint density at radius 3 is 2.55 bits per heavy atom. The molecule has 3 N–H and O–H groups in total. The maximum atomic E-state index is 12.4. The molecular formula is C24H27N3O2. The monoisotopic (exact) mass is 389 g/mol. The number of aromatic nitrogens is 1. The van der Waals surface area contributed by atoms with Crippen LogP contribution in [0.25, 0.3) is 0 Å². The van der Waals surface area contributed by atoms with E-state index in [1.54, 1.807) is 24.3 Å². The Morgan fingerprint density at radius 1 is 1.03 bits per heavy atom. The highest BCUT2D eigenvalue weighted by Gasteiger charge is 2.11. The minimum atomic E-state index is -0.288. The predicted molar refractivity (Wildman–Crippen MR) is 118 cm³/mol. The summed E-state index contributed by atoms with van der Waals surface area (Å²) in [6.07, 6.45) is 4.71. The maximum Gasteiger partial charge on any atom is 0.259 e. The summed E-state index contributed by atoms with van der Waals surface area (Å²) in [4.78, 5) is 16.5. The summed E-state index contributed by atoms with van der Waals surface area (Å²) in [5, 5.41) is 2.83. The number of carbonyl (C=O) groups excluding carboxylic acids is 1. The van der Waals surface area contributed by atoms with Gasteiger partial charge < -0.3 is 15.8 Å². The second kappa shape index (κ2) is 9.73. The Labute approximate surface area is 171 Å². The fourth-order valence-corrected chi connectivity index (χ4v) is 3.05. The molecule has 3 aromatic rings. The van der Waals surface area contributed by atoms with Crippen LogP contribution < -0.4 is 15.8 Å². The molecule has 5 heteroatoms. The predicted octanol–water partition coefficient (Wildman–Crippen LogP) is 5.75. The zero-order valence-electron chi connectivity index (χ0n) is 16.9. The number of nitrogens with zero attached hydrogens (tertiary/aromatic N) is 1. The van der Waals surface area contributed by atoms with E-state index in [1.807, 2.05) is 31.2 Å². The summed E-state index contributed by atoms with van der Waals surface area (Å²) in [7, 11) is 0. The third-order valence-electron chi connectivity index (χ3n) is 4.62. The molecule has 5 nitrogen and oxygen atoms in total. The molecule has 0 aliphatic carbocycles. The van der Waals surface area contributed by atoms with Gasteiger partial charge in [-0.1, -0.05) is 31.9 Å². The zero-order chi connectivity index (χ0) is 20.6. The van der Waals surface area contributed by atoms with Crippen LogP contribution in [0.1, 0.15) is 47.8 Å². The van der Waals surface area contributed by atoms with Crippen LogP contribution in [0.3, 0.4) is 0 Å². The quantitative estimate of drug-likeness (QED) is 0.481. The van der Waals surface area contributed by atoms with Crippen molar-refractivity contribution in [1.29, 1.82) is 0 Å². The minimum absolute atomic E-state index is 0.223. The number of unbranched alkanes of at least 4 members (excludes halogenated alkanes) is 2. The first kappa shape index (κ1) is 20.4. The van der Waals surface area contributed by atoms with Gasteiger partial charge >= 0.3 is 0 Å². The molecule has 0 aliphatic heterocycles. The lowest BCUT2D eigenvalue weighted by molar-refractivity contribution is 0.102. The van der Waals surface area contributed by atoms with Crippen molar-refractivity contribution in [3.8, 4) is 11.5 Å². The normalized spacial score (nSPS) is 10.6. The van der Waals surface area contributed by atoms with Gasteiger partial charge in [-0.15, -0.1) is 0 Å². The lowest BCUT2D eigenvalue weighted by Gasteiger charge is -2.10. The van der Waals surface area contributed by atoms with Crippen molar-refractivity contribution in [2.75, 3.05) is 11.1 Å². The number of aryl methyl sites for hydroxylation is 2. The summed E-state index contributed by atoms with van der Waals surface area (Å²) in [5.74, 6) is 1.46. The molecule has 0 fully saturated rings. The van der Waals surface area contributed by atoms with Gasteiger partial charge in [-0.25, -0.2) is 4.98 Å². The zero-order valence-corrected chi connectivity index (χ0v) is 16.9. The number of nitrogen functional groups attached to an aromatic ring is 1. The fraction of sp³-hybridized carbons (Fsp3) is 0.250. The second-order valence-corrected chi connectivity index (χ2v) is 7.07. The molecule has 0 atom stereocenters. The van der Waals surface area contributed by atoms with E-state index in [-0.39, 0.29) is 11.7 Å². The molecule has 29 heavy (non-hydrogen) atoms. The number of ether oxygens (including phenoxy) is 1. The summed E-state index contributed by atoms with van der Waals surface area (Å²) >= 11 is 0. The van der Waals surface area contributed by atoms with E-state index in [0.29, 0.717) is 17.0 Å². The minimum Gasteiger partial charge on any atom is -0.457 e. The number of anilines is 2. The standard InChI is InChI=1S/C24H27N3O2/c1-3-4-5-7-18-8-6-9-21(16-18)29-20-13-11-19(12-14-20)27-24(28)22-15-10-17(2)26-23(22)25/h6,8-16H,3-5,7H2,1-2H3,(H2,25,26)(H,27,28). The molecular weight excluding hydrogens is 362 g/mol. The lowest BCUT2D eigenvalue weighted by atomic mass is 10.1. The highest BCUT2D eigenvalue weighted by molar-refractivity contribution is 6.07. The third kappa shape index (κ3) is 5.82. The summed E-state index contributed by atoms with van der Waals surface area (Å²) in [5.41, 5.74) is 8.92. The van der Waals surface area contributed by atoms with Gasteiger partial charge in [0.05, 0.1) is 5.56 Å². The van der Waals surface area contributed by atoms with Crippen molar-refractivity contribution in [1.82, 2.24) is 4.98 Å². The molecule has 2 aromatic carbocycles. The number of carbonyl (C=O) groups is 1. The molecule has 1 amide bonds. The number of hydrogen-bond donors (Lipinski definition) is 2. The van der Waals surface area contributed by atoms with E-state index in [4.69, 9.17) is 10.5 Å². The summed E-state index contributed by atoms with van der Waals surface area (Å²) < 4.78 is 5.96. The molecule has 150 valence electrons. The first-order chi connectivity index (χ1) is 14.0.